The second-order valence-corrected chi connectivity index (χ2v) is 7.64. The number of nitrogens with zero attached hydrogens (tertiary/aromatic N) is 1. The lowest BCUT2D eigenvalue weighted by atomic mass is 9.82. The van der Waals surface area contributed by atoms with Gasteiger partial charge in [0.2, 0.25) is 0 Å². The second kappa shape index (κ2) is 9.30. The first-order valence-corrected chi connectivity index (χ1v) is 8.44. The lowest BCUT2D eigenvalue weighted by Crippen LogP contribution is -2.64. The zero-order valence-electron chi connectivity index (χ0n) is 15.5. The Bertz CT molecular complexity index is 325. The van der Waals surface area contributed by atoms with Crippen LogP contribution >= 0.6 is 0 Å². The van der Waals surface area contributed by atoms with Crippen LogP contribution < -0.4 is 0 Å². The van der Waals surface area contributed by atoms with Crippen LogP contribution in [-0.4, -0.2) is 86.1 Å². The maximum atomic E-state index is 10.8. The number of ether oxygens (including phenoxy) is 3. The normalized spacial score (nSPS) is 32.5. The fourth-order valence-corrected chi connectivity index (χ4v) is 3.17. The highest BCUT2D eigenvalue weighted by Gasteiger charge is 2.46. The average molecular weight is 333 g/mol. The van der Waals surface area contributed by atoms with Crippen molar-refractivity contribution in [2.45, 2.75) is 64.6 Å². The van der Waals surface area contributed by atoms with E-state index in [0.29, 0.717) is 26.3 Å². The van der Waals surface area contributed by atoms with Gasteiger partial charge in [-0.1, -0.05) is 20.8 Å². The zero-order valence-corrected chi connectivity index (χ0v) is 15.5. The molecule has 0 spiro atoms. The Morgan fingerprint density at radius 2 is 1.52 bits per heavy atom. The quantitative estimate of drug-likeness (QED) is 0.688. The standard InChI is InChI=1S/C17H35NO5/c1-12-15(19)14(18(7-9-21-5)8-10-22-6)16(20)13(23-12)11-17(2,3)4/h12-16,19-20H,7-11H2,1-6H3/t12-,13+,14+,15-,16-/m1/s1. The van der Waals surface area contributed by atoms with Gasteiger partial charge in [-0.05, 0) is 18.8 Å². The van der Waals surface area contributed by atoms with Crippen molar-refractivity contribution in [1.82, 2.24) is 4.90 Å². The van der Waals surface area contributed by atoms with E-state index in [1.807, 2.05) is 6.92 Å². The Hall–Kier alpha value is -0.240. The van der Waals surface area contributed by atoms with Gasteiger partial charge in [0, 0.05) is 27.3 Å². The van der Waals surface area contributed by atoms with Crippen LogP contribution in [0.4, 0.5) is 0 Å². The van der Waals surface area contributed by atoms with Crippen LogP contribution in [0.1, 0.15) is 34.1 Å². The van der Waals surface area contributed by atoms with Crippen molar-refractivity contribution < 1.29 is 24.4 Å². The van der Waals surface area contributed by atoms with Gasteiger partial charge >= 0.3 is 0 Å². The van der Waals surface area contributed by atoms with E-state index in [2.05, 4.69) is 25.7 Å². The van der Waals surface area contributed by atoms with Crippen LogP contribution in [0.3, 0.4) is 0 Å². The van der Waals surface area contributed by atoms with Crippen LogP contribution in [-0.2, 0) is 14.2 Å². The summed E-state index contributed by atoms with van der Waals surface area (Å²) >= 11 is 0. The van der Waals surface area contributed by atoms with Crippen molar-refractivity contribution in [3.8, 4) is 0 Å². The Kier molecular flexibility index (Phi) is 8.41. The van der Waals surface area contributed by atoms with Gasteiger partial charge in [0.25, 0.3) is 0 Å². The van der Waals surface area contributed by atoms with E-state index in [4.69, 9.17) is 14.2 Å². The number of hydrogen-bond acceptors (Lipinski definition) is 6. The van der Waals surface area contributed by atoms with E-state index in [1.165, 1.54) is 0 Å². The lowest BCUT2D eigenvalue weighted by molar-refractivity contribution is -0.209. The SMILES string of the molecule is COCCN(CCOC)[C@@H]1[C@H](O)[C@H](CC(C)(C)C)O[C@H](C)[C@H]1O. The highest BCUT2D eigenvalue weighted by molar-refractivity contribution is 4.97. The molecule has 0 radical (unpaired) electrons. The fourth-order valence-electron chi connectivity index (χ4n) is 3.17. The first-order chi connectivity index (χ1) is 10.7. The van der Waals surface area contributed by atoms with E-state index in [-0.39, 0.29) is 23.7 Å². The van der Waals surface area contributed by atoms with Gasteiger partial charge in [-0.3, -0.25) is 4.90 Å². The monoisotopic (exact) mass is 333 g/mol. The maximum absolute atomic E-state index is 10.8. The lowest BCUT2D eigenvalue weighted by Gasteiger charge is -2.48. The number of aliphatic hydroxyl groups is 2. The summed E-state index contributed by atoms with van der Waals surface area (Å²) in [4.78, 5) is 2.05. The molecule has 1 aliphatic rings. The van der Waals surface area contributed by atoms with Crippen molar-refractivity contribution in [3.63, 3.8) is 0 Å². The molecule has 1 rings (SSSR count). The Labute approximate surface area is 140 Å². The van der Waals surface area contributed by atoms with E-state index in [9.17, 15) is 10.2 Å². The molecule has 6 heteroatoms. The summed E-state index contributed by atoms with van der Waals surface area (Å²) in [7, 11) is 3.30. The molecule has 2 N–H and O–H groups in total. The fraction of sp³-hybridized carbons (Fsp3) is 1.00. The molecular weight excluding hydrogens is 298 g/mol. The smallest absolute Gasteiger partial charge is 0.0983 e. The molecule has 1 heterocycles. The molecule has 6 nitrogen and oxygen atoms in total. The molecule has 1 aliphatic heterocycles. The molecule has 5 atom stereocenters. The minimum atomic E-state index is -0.742. The molecule has 1 saturated heterocycles. The predicted octanol–water partition coefficient (Wildman–Crippen LogP) is 0.895. The molecule has 0 aromatic rings. The maximum Gasteiger partial charge on any atom is 0.0983 e. The number of rotatable bonds is 8. The van der Waals surface area contributed by atoms with Crippen LogP contribution in [0, 0.1) is 5.41 Å². The van der Waals surface area contributed by atoms with E-state index in [1.54, 1.807) is 14.2 Å². The van der Waals surface area contributed by atoms with Crippen LogP contribution in [0.25, 0.3) is 0 Å². The van der Waals surface area contributed by atoms with Gasteiger partial charge in [0.15, 0.2) is 0 Å². The summed E-state index contributed by atoms with van der Waals surface area (Å²) in [5.74, 6) is 0. The zero-order chi connectivity index (χ0) is 17.6. The first-order valence-electron chi connectivity index (χ1n) is 8.44. The van der Waals surface area contributed by atoms with Crippen molar-refractivity contribution >= 4 is 0 Å². The highest BCUT2D eigenvalue weighted by atomic mass is 16.5. The van der Waals surface area contributed by atoms with E-state index in [0.717, 1.165) is 6.42 Å². The summed E-state index contributed by atoms with van der Waals surface area (Å²) in [5.41, 5.74) is 0.0437. The molecule has 0 amide bonds. The van der Waals surface area contributed by atoms with Crippen LogP contribution in [0.5, 0.6) is 0 Å². The first kappa shape index (κ1) is 20.8. The molecular formula is C17H35NO5. The molecule has 0 aliphatic carbocycles. The highest BCUT2D eigenvalue weighted by Crippen LogP contribution is 2.32. The summed E-state index contributed by atoms with van der Waals surface area (Å²) in [6.45, 7) is 10.6. The minimum Gasteiger partial charge on any atom is -0.389 e. The molecule has 23 heavy (non-hydrogen) atoms. The van der Waals surface area contributed by atoms with Crippen molar-refractivity contribution in [1.29, 1.82) is 0 Å². The number of aliphatic hydroxyl groups excluding tert-OH is 2. The summed E-state index contributed by atoms with van der Waals surface area (Å²) < 4.78 is 16.2. The Balaban J connectivity index is 2.91. The third kappa shape index (κ3) is 6.29. The summed E-state index contributed by atoms with van der Waals surface area (Å²) in [5, 5.41) is 21.4. The Morgan fingerprint density at radius 1 is 1.00 bits per heavy atom. The van der Waals surface area contributed by atoms with E-state index < -0.39 is 12.2 Å². The van der Waals surface area contributed by atoms with Gasteiger partial charge in [-0.25, -0.2) is 0 Å². The average Bonchev–Trinajstić information content (AvgIpc) is 2.45. The van der Waals surface area contributed by atoms with Gasteiger partial charge in [-0.15, -0.1) is 0 Å². The summed E-state index contributed by atoms with van der Waals surface area (Å²) in [6, 6.07) is -0.378. The Morgan fingerprint density at radius 3 is 1.96 bits per heavy atom. The largest absolute Gasteiger partial charge is 0.389 e. The van der Waals surface area contributed by atoms with E-state index >= 15 is 0 Å². The third-order valence-electron chi connectivity index (χ3n) is 4.35. The molecule has 0 bridgehead atoms. The van der Waals surface area contributed by atoms with Gasteiger partial charge in [-0.2, -0.15) is 0 Å². The molecule has 138 valence electrons. The molecule has 0 unspecified atom stereocenters. The molecule has 0 saturated carbocycles. The van der Waals surface area contributed by atoms with Gasteiger partial charge in [0.1, 0.15) is 0 Å². The minimum absolute atomic E-state index is 0.0437. The van der Waals surface area contributed by atoms with Gasteiger partial charge < -0.3 is 24.4 Å². The molecule has 0 aromatic heterocycles. The summed E-state index contributed by atoms with van der Waals surface area (Å²) in [6.07, 6.45) is -1.34. The van der Waals surface area contributed by atoms with Crippen LogP contribution in [0.2, 0.25) is 0 Å². The number of hydrogen-bond donors (Lipinski definition) is 2. The predicted molar refractivity (Wildman–Crippen MR) is 89.5 cm³/mol. The second-order valence-electron chi connectivity index (χ2n) is 7.64. The van der Waals surface area contributed by atoms with Crippen molar-refractivity contribution in [2.75, 3.05) is 40.5 Å². The topological polar surface area (TPSA) is 71.4 Å². The molecule has 1 fully saturated rings. The molecule has 0 aromatic carbocycles. The van der Waals surface area contributed by atoms with Crippen LogP contribution in [0.15, 0.2) is 0 Å². The van der Waals surface area contributed by atoms with Crippen molar-refractivity contribution in [2.24, 2.45) is 5.41 Å². The third-order valence-corrected chi connectivity index (χ3v) is 4.35. The van der Waals surface area contributed by atoms with Gasteiger partial charge in [0.05, 0.1) is 43.7 Å². The number of methoxy groups -OCH3 is 2. The van der Waals surface area contributed by atoms with Crippen molar-refractivity contribution in [3.05, 3.63) is 0 Å².